The first-order valence-corrected chi connectivity index (χ1v) is 10.6. The van der Waals surface area contributed by atoms with Gasteiger partial charge < -0.3 is 15.2 Å². The van der Waals surface area contributed by atoms with E-state index in [4.69, 9.17) is 26.8 Å². The molecule has 0 fully saturated rings. The second-order valence-electron chi connectivity index (χ2n) is 6.24. The van der Waals surface area contributed by atoms with E-state index in [-0.39, 0.29) is 11.3 Å². The molecule has 0 aliphatic rings. The summed E-state index contributed by atoms with van der Waals surface area (Å²) in [5.74, 6) is 0.786. The maximum absolute atomic E-state index is 12.4. The van der Waals surface area contributed by atoms with Gasteiger partial charge in [-0.2, -0.15) is 5.10 Å². The summed E-state index contributed by atoms with van der Waals surface area (Å²) in [4.78, 5) is 12.4. The minimum Gasteiger partial charge on any atom is -0.493 e. The van der Waals surface area contributed by atoms with Crippen LogP contribution < -0.4 is 15.2 Å². The zero-order valence-corrected chi connectivity index (χ0v) is 18.3. The van der Waals surface area contributed by atoms with Crippen LogP contribution in [0.25, 0.3) is 0 Å². The van der Waals surface area contributed by atoms with E-state index in [1.165, 1.54) is 25.1 Å². The summed E-state index contributed by atoms with van der Waals surface area (Å²) in [5.41, 5.74) is 8.03. The predicted molar refractivity (Wildman–Crippen MR) is 126 cm³/mol. The van der Waals surface area contributed by atoms with Crippen molar-refractivity contribution in [1.29, 1.82) is 0 Å². The smallest absolute Gasteiger partial charge is 0.345 e. The minimum absolute atomic E-state index is 0.269. The molecule has 158 valence electrons. The number of ether oxygens (including phenoxy) is 2. The molecule has 2 N–H and O–H groups in total. The van der Waals surface area contributed by atoms with Crippen molar-refractivity contribution >= 4 is 40.7 Å². The van der Waals surface area contributed by atoms with Crippen molar-refractivity contribution < 1.29 is 14.3 Å². The number of benzene rings is 3. The van der Waals surface area contributed by atoms with E-state index in [1.807, 2.05) is 30.3 Å². The fourth-order valence-corrected chi connectivity index (χ4v) is 3.37. The van der Waals surface area contributed by atoms with Gasteiger partial charge in [-0.3, -0.25) is 0 Å². The van der Waals surface area contributed by atoms with E-state index in [9.17, 15) is 4.79 Å². The highest BCUT2D eigenvalue weighted by molar-refractivity contribution is 8.13. The van der Waals surface area contributed by atoms with E-state index >= 15 is 0 Å². The fraction of sp³-hybridized carbons (Fsp3) is 0.0870. The molecule has 0 saturated carbocycles. The van der Waals surface area contributed by atoms with E-state index < -0.39 is 5.97 Å². The Morgan fingerprint density at radius 3 is 2.55 bits per heavy atom. The average Bonchev–Trinajstić information content (AvgIpc) is 2.79. The van der Waals surface area contributed by atoms with Crippen LogP contribution in [0.4, 0.5) is 0 Å². The van der Waals surface area contributed by atoms with Gasteiger partial charge in [0, 0.05) is 5.75 Å². The van der Waals surface area contributed by atoms with E-state index in [0.717, 1.165) is 5.56 Å². The number of esters is 1. The molecule has 6 nitrogen and oxygen atoms in total. The number of hydrogen-bond donors (Lipinski definition) is 1. The molecule has 0 aliphatic heterocycles. The summed E-state index contributed by atoms with van der Waals surface area (Å²) in [6.45, 7) is 0. The van der Waals surface area contributed by atoms with Crippen LogP contribution in [0.3, 0.4) is 0 Å². The van der Waals surface area contributed by atoms with Gasteiger partial charge in [0.25, 0.3) is 0 Å². The Morgan fingerprint density at radius 2 is 1.81 bits per heavy atom. The maximum atomic E-state index is 12.4. The fourth-order valence-electron chi connectivity index (χ4n) is 2.54. The number of carbonyl (C=O) groups is 1. The van der Waals surface area contributed by atoms with Crippen molar-refractivity contribution in [3.05, 3.63) is 94.5 Å². The molecular formula is C23H20ClN3O3S. The van der Waals surface area contributed by atoms with Crippen molar-refractivity contribution in [2.45, 2.75) is 5.75 Å². The van der Waals surface area contributed by atoms with E-state index in [0.29, 0.717) is 27.3 Å². The number of halogens is 1. The number of rotatable bonds is 7. The summed E-state index contributed by atoms with van der Waals surface area (Å²) in [6, 6.07) is 21.7. The molecule has 0 bridgehead atoms. The summed E-state index contributed by atoms with van der Waals surface area (Å²) in [7, 11) is 1.49. The van der Waals surface area contributed by atoms with Gasteiger partial charge in [-0.1, -0.05) is 65.8 Å². The second-order valence-corrected chi connectivity index (χ2v) is 7.64. The molecule has 31 heavy (non-hydrogen) atoms. The van der Waals surface area contributed by atoms with Crippen LogP contribution in [-0.4, -0.2) is 24.5 Å². The lowest BCUT2D eigenvalue weighted by molar-refractivity contribution is 0.0730. The number of methoxy groups -OCH3 is 1. The third-order valence-electron chi connectivity index (χ3n) is 4.08. The van der Waals surface area contributed by atoms with E-state index in [2.05, 4.69) is 10.2 Å². The summed E-state index contributed by atoms with van der Waals surface area (Å²) >= 11 is 7.45. The van der Waals surface area contributed by atoms with Crippen molar-refractivity contribution in [1.82, 2.24) is 0 Å². The molecule has 0 spiro atoms. The third-order valence-corrected chi connectivity index (χ3v) is 5.26. The molecule has 0 aromatic heterocycles. The zero-order valence-electron chi connectivity index (χ0n) is 16.7. The quantitative estimate of drug-likeness (QED) is 0.176. The molecule has 8 heteroatoms. The van der Waals surface area contributed by atoms with Gasteiger partial charge in [0.1, 0.15) is 0 Å². The highest BCUT2D eigenvalue weighted by Gasteiger charge is 2.15. The average molecular weight is 454 g/mol. The number of hydrogen-bond acceptors (Lipinski definition) is 6. The summed E-state index contributed by atoms with van der Waals surface area (Å²) in [5, 5.41) is 8.69. The lowest BCUT2D eigenvalue weighted by Crippen LogP contribution is -2.10. The standard InChI is InChI=1S/C23H20ClN3O3S/c1-29-21-13-17(14-26-27-23(25)31-15-16-7-3-2-4-8-16)11-12-20(21)30-22(28)18-9-5-6-10-19(18)24/h2-14H,15H2,1H3,(H2,25,27). The topological polar surface area (TPSA) is 86.3 Å². The lowest BCUT2D eigenvalue weighted by Gasteiger charge is -2.10. The maximum Gasteiger partial charge on any atom is 0.345 e. The van der Waals surface area contributed by atoms with Crippen molar-refractivity contribution in [2.24, 2.45) is 15.9 Å². The summed E-state index contributed by atoms with van der Waals surface area (Å²) < 4.78 is 10.8. The Hall–Kier alpha value is -3.29. The number of amidine groups is 1. The first-order chi connectivity index (χ1) is 15.1. The molecule has 0 unspecified atom stereocenters. The Labute approximate surface area is 189 Å². The normalized spacial score (nSPS) is 11.5. The Bertz CT molecular complexity index is 1100. The SMILES string of the molecule is COc1cc(C=NN=C(N)SCc2ccccc2)ccc1OC(=O)c1ccccc1Cl. The molecule has 0 aliphatic carbocycles. The van der Waals surface area contributed by atoms with Crippen LogP contribution in [0.2, 0.25) is 5.02 Å². The predicted octanol–water partition coefficient (Wildman–Crippen LogP) is 5.15. The third kappa shape index (κ3) is 6.60. The van der Waals surface area contributed by atoms with Crippen LogP contribution in [0.5, 0.6) is 11.5 Å². The van der Waals surface area contributed by atoms with Crippen LogP contribution in [0.15, 0.2) is 83.0 Å². The molecule has 0 radical (unpaired) electrons. The van der Waals surface area contributed by atoms with Gasteiger partial charge in [0.15, 0.2) is 16.7 Å². The van der Waals surface area contributed by atoms with Crippen LogP contribution >= 0.6 is 23.4 Å². The van der Waals surface area contributed by atoms with Crippen LogP contribution in [-0.2, 0) is 5.75 Å². The van der Waals surface area contributed by atoms with Crippen molar-refractivity contribution in [3.63, 3.8) is 0 Å². The minimum atomic E-state index is -0.571. The molecule has 0 amide bonds. The second kappa shape index (κ2) is 11.2. The van der Waals surface area contributed by atoms with Crippen molar-refractivity contribution in [2.75, 3.05) is 7.11 Å². The van der Waals surface area contributed by atoms with Gasteiger partial charge in [-0.05, 0) is 41.5 Å². The Morgan fingerprint density at radius 1 is 1.06 bits per heavy atom. The molecule has 0 heterocycles. The highest BCUT2D eigenvalue weighted by atomic mass is 35.5. The van der Waals surface area contributed by atoms with Gasteiger partial charge in [0.05, 0.1) is 23.9 Å². The monoisotopic (exact) mass is 453 g/mol. The van der Waals surface area contributed by atoms with Gasteiger partial charge in [0.2, 0.25) is 0 Å². The molecule has 3 rings (SSSR count). The Kier molecular flexibility index (Phi) is 8.09. The van der Waals surface area contributed by atoms with Gasteiger partial charge in [-0.15, -0.1) is 5.10 Å². The highest BCUT2D eigenvalue weighted by Crippen LogP contribution is 2.29. The number of thioether (sulfide) groups is 1. The number of nitrogens with two attached hydrogens (primary N) is 1. The largest absolute Gasteiger partial charge is 0.493 e. The first kappa shape index (κ1) is 22.4. The lowest BCUT2D eigenvalue weighted by atomic mass is 10.2. The van der Waals surface area contributed by atoms with Gasteiger partial charge in [-0.25, -0.2) is 4.79 Å². The van der Waals surface area contributed by atoms with Crippen LogP contribution in [0, 0.1) is 0 Å². The molecule has 3 aromatic carbocycles. The van der Waals surface area contributed by atoms with E-state index in [1.54, 1.807) is 42.5 Å². The summed E-state index contributed by atoms with van der Waals surface area (Å²) in [6.07, 6.45) is 1.54. The molecule has 0 atom stereocenters. The van der Waals surface area contributed by atoms with Crippen molar-refractivity contribution in [3.8, 4) is 11.5 Å². The van der Waals surface area contributed by atoms with Crippen LogP contribution in [0.1, 0.15) is 21.5 Å². The zero-order chi connectivity index (χ0) is 22.1. The molecular weight excluding hydrogens is 434 g/mol. The first-order valence-electron chi connectivity index (χ1n) is 9.25. The Balaban J connectivity index is 1.63. The molecule has 0 saturated heterocycles. The molecule has 3 aromatic rings. The number of nitrogens with zero attached hydrogens (tertiary/aromatic N) is 2. The number of carbonyl (C=O) groups excluding carboxylic acids is 1. The van der Waals surface area contributed by atoms with Gasteiger partial charge >= 0.3 is 5.97 Å².